The smallest absolute Gasteiger partial charge is 0.0778 e. The predicted octanol–water partition coefficient (Wildman–Crippen LogP) is 3.94. The van der Waals surface area contributed by atoms with Crippen molar-refractivity contribution in [3.63, 3.8) is 0 Å². The van der Waals surface area contributed by atoms with Crippen molar-refractivity contribution in [3.8, 4) is 0 Å². The molecule has 5 heteroatoms. The maximum atomic E-state index is 2.52. The van der Waals surface area contributed by atoms with Crippen molar-refractivity contribution >= 4 is 113 Å². The fraction of sp³-hybridized carbons (Fsp3) is 1.00. The van der Waals surface area contributed by atoms with Gasteiger partial charge in [-0.1, -0.05) is 113 Å². The van der Waals surface area contributed by atoms with Crippen LogP contribution in [0.15, 0.2) is 0 Å². The van der Waals surface area contributed by atoms with Gasteiger partial charge in [-0.2, -0.15) is 0 Å². The normalized spacial score (nSPS) is 32.6. The van der Waals surface area contributed by atoms with E-state index in [9.17, 15) is 0 Å². The van der Waals surface area contributed by atoms with Crippen LogP contribution in [0.25, 0.3) is 0 Å². The number of hydrogen-bond donors (Lipinski definition) is 0. The van der Waals surface area contributed by atoms with Gasteiger partial charge in [0.05, 0.1) is 3.92 Å². The average molecular weight is 672 g/mol. The monoisotopic (exact) mass is 672 g/mol. The topological polar surface area (TPSA) is 0 Å². The van der Waals surface area contributed by atoms with E-state index < -0.39 is 0 Å². The van der Waals surface area contributed by atoms with Crippen molar-refractivity contribution in [2.45, 2.75) is 6.78 Å². The Morgan fingerprint density at radius 3 is 1.00 bits per heavy atom. The molecule has 0 unspecified atom stereocenters. The molecule has 0 aromatic rings. The molecule has 0 aliphatic heterocycles. The summed E-state index contributed by atoms with van der Waals surface area (Å²) in [7, 11) is 0. The largest absolute Gasteiger partial charge is 0.112 e. The van der Waals surface area contributed by atoms with E-state index in [0.717, 1.165) is 3.92 Å². The predicted molar refractivity (Wildman–Crippen MR) is 79.3 cm³/mol. The zero-order valence-electron chi connectivity index (χ0n) is 3.47. The summed E-state index contributed by atoms with van der Waals surface area (Å²) in [6.45, 7) is 0. The summed E-state index contributed by atoms with van der Waals surface area (Å²) in [6.07, 6.45) is 0. The van der Waals surface area contributed by atoms with Gasteiger partial charge in [-0.05, 0) is 0 Å². The minimum atomic E-state index is 0.504. The first-order valence-corrected chi connectivity index (χ1v) is 7.36. The molecular weight excluding hydrogens is 671 g/mol. The SMILES string of the molecule is IC1C(I)(I)C1(I)I. The lowest BCUT2D eigenvalue weighted by Gasteiger charge is -1.95. The number of hydrogen-bond acceptors (Lipinski definition) is 0. The standard InChI is InChI=1S/C3HI5/c4-1-2(5,6)3(1,7)8/h1H. The Hall–Kier alpha value is 3.65. The second-order valence-electron chi connectivity index (χ2n) is 1.61. The van der Waals surface area contributed by atoms with Gasteiger partial charge in [0.15, 0.2) is 0 Å². The average Bonchev–Trinajstić information content (AvgIpc) is 1.88. The first kappa shape index (κ1) is 9.74. The molecule has 0 aromatic carbocycles. The maximum Gasteiger partial charge on any atom is 0.112 e. The summed E-state index contributed by atoms with van der Waals surface area (Å²) < 4.78 is 1.84. The highest BCUT2D eigenvalue weighted by atomic mass is 127. The highest BCUT2D eigenvalue weighted by molar-refractivity contribution is 14.2. The first-order chi connectivity index (χ1) is 3.40. The Morgan fingerprint density at radius 2 is 1.00 bits per heavy atom. The molecule has 1 rings (SSSR count). The lowest BCUT2D eigenvalue weighted by molar-refractivity contribution is 1.57. The number of alkyl halides is 5. The molecule has 0 amide bonds. The van der Waals surface area contributed by atoms with Crippen molar-refractivity contribution in [2.75, 3.05) is 0 Å². The third-order valence-electron chi connectivity index (χ3n) is 0.998. The molecule has 0 aromatic heterocycles. The Kier molecular flexibility index (Phi) is 3.47. The van der Waals surface area contributed by atoms with Crippen molar-refractivity contribution in [1.82, 2.24) is 0 Å². The summed E-state index contributed by atoms with van der Waals surface area (Å²) in [5.74, 6) is 0. The molecule has 0 nitrogen and oxygen atoms in total. The maximum absolute atomic E-state index is 2.52. The Bertz CT molecular complexity index is 103. The van der Waals surface area contributed by atoms with Gasteiger partial charge >= 0.3 is 0 Å². The molecule has 0 radical (unpaired) electrons. The third-order valence-corrected chi connectivity index (χ3v) is 17.7. The summed E-state index contributed by atoms with van der Waals surface area (Å²) in [6, 6.07) is 0. The molecule has 1 aliphatic rings. The van der Waals surface area contributed by atoms with Crippen LogP contribution in [0.1, 0.15) is 0 Å². The van der Waals surface area contributed by atoms with E-state index in [1.165, 1.54) is 0 Å². The second kappa shape index (κ2) is 2.85. The summed E-state index contributed by atoms with van der Waals surface area (Å²) >= 11 is 12.6. The molecular formula is C3HI5. The molecule has 8 heavy (non-hydrogen) atoms. The molecule has 0 saturated heterocycles. The van der Waals surface area contributed by atoms with Crippen LogP contribution in [0.3, 0.4) is 0 Å². The second-order valence-corrected chi connectivity index (χ2v) is 13.8. The van der Waals surface area contributed by atoms with E-state index in [1.54, 1.807) is 0 Å². The fourth-order valence-electron chi connectivity index (χ4n) is 0.306. The van der Waals surface area contributed by atoms with E-state index in [-0.39, 0.29) is 0 Å². The van der Waals surface area contributed by atoms with Crippen LogP contribution in [-0.4, -0.2) is 6.78 Å². The zero-order valence-corrected chi connectivity index (χ0v) is 14.3. The van der Waals surface area contributed by atoms with Crippen molar-refractivity contribution in [3.05, 3.63) is 0 Å². The van der Waals surface area contributed by atoms with Gasteiger partial charge in [-0.3, -0.25) is 0 Å². The summed E-state index contributed by atoms with van der Waals surface area (Å²) in [5.41, 5.74) is 0. The molecule has 0 spiro atoms. The quantitative estimate of drug-likeness (QED) is 0.271. The Labute approximate surface area is 117 Å². The fourth-order valence-corrected chi connectivity index (χ4v) is 8.37. The third kappa shape index (κ3) is 1.41. The molecule has 1 saturated carbocycles. The van der Waals surface area contributed by atoms with E-state index in [2.05, 4.69) is 113 Å². The van der Waals surface area contributed by atoms with Gasteiger partial charge in [0, 0.05) is 0 Å². The van der Waals surface area contributed by atoms with E-state index in [0.29, 0.717) is 2.86 Å². The van der Waals surface area contributed by atoms with Crippen LogP contribution in [0.5, 0.6) is 0 Å². The van der Waals surface area contributed by atoms with Crippen LogP contribution in [0.2, 0.25) is 0 Å². The summed E-state index contributed by atoms with van der Waals surface area (Å²) in [4.78, 5) is 0. The van der Waals surface area contributed by atoms with Crippen LogP contribution in [0, 0.1) is 0 Å². The molecule has 0 heterocycles. The van der Waals surface area contributed by atoms with Gasteiger partial charge in [0.1, 0.15) is 2.86 Å². The minimum absolute atomic E-state index is 0.504. The molecule has 1 aliphatic carbocycles. The van der Waals surface area contributed by atoms with Gasteiger partial charge < -0.3 is 0 Å². The van der Waals surface area contributed by atoms with Gasteiger partial charge in [-0.15, -0.1) is 0 Å². The lowest BCUT2D eigenvalue weighted by Crippen LogP contribution is -1.92. The molecule has 0 bridgehead atoms. The number of halogens is 5. The van der Waals surface area contributed by atoms with E-state index >= 15 is 0 Å². The molecule has 1 fully saturated rings. The van der Waals surface area contributed by atoms with Crippen molar-refractivity contribution < 1.29 is 0 Å². The van der Waals surface area contributed by atoms with Crippen LogP contribution in [0.4, 0.5) is 0 Å². The van der Waals surface area contributed by atoms with Crippen molar-refractivity contribution in [1.29, 1.82) is 0 Å². The van der Waals surface area contributed by atoms with Crippen molar-refractivity contribution in [2.24, 2.45) is 0 Å². The highest BCUT2D eigenvalue weighted by Gasteiger charge is 2.71. The van der Waals surface area contributed by atoms with Crippen LogP contribution in [-0.2, 0) is 0 Å². The Balaban J connectivity index is 2.72. The van der Waals surface area contributed by atoms with Crippen LogP contribution < -0.4 is 0 Å². The molecule has 0 atom stereocenters. The lowest BCUT2D eigenvalue weighted by atomic mass is 11.0. The summed E-state index contributed by atoms with van der Waals surface area (Å²) in [5, 5.41) is 0. The highest BCUT2D eigenvalue weighted by Crippen LogP contribution is 2.73. The zero-order chi connectivity index (χ0) is 6.58. The van der Waals surface area contributed by atoms with Gasteiger partial charge in [0.25, 0.3) is 0 Å². The molecule has 0 N–H and O–H groups in total. The van der Waals surface area contributed by atoms with Gasteiger partial charge in [0.2, 0.25) is 0 Å². The Morgan fingerprint density at radius 1 is 0.875 bits per heavy atom. The molecule has 48 valence electrons. The van der Waals surface area contributed by atoms with Crippen LogP contribution >= 0.6 is 113 Å². The van der Waals surface area contributed by atoms with E-state index in [4.69, 9.17) is 0 Å². The van der Waals surface area contributed by atoms with E-state index in [1.807, 2.05) is 0 Å². The van der Waals surface area contributed by atoms with Gasteiger partial charge in [-0.25, -0.2) is 0 Å². The first-order valence-electron chi connectivity index (χ1n) is 1.80. The number of rotatable bonds is 0. The minimum Gasteiger partial charge on any atom is -0.0778 e.